The molecule has 0 spiro atoms. The van der Waals surface area contributed by atoms with Gasteiger partial charge in [0, 0.05) is 33.6 Å². The largest absolute Gasteiger partial charge is 0.299 e. The summed E-state index contributed by atoms with van der Waals surface area (Å²) in [6, 6.07) is 13.9. The zero-order valence-electron chi connectivity index (χ0n) is 13.6. The van der Waals surface area contributed by atoms with Crippen LogP contribution in [0.2, 0.25) is 0 Å². The zero-order chi connectivity index (χ0) is 16.6. The van der Waals surface area contributed by atoms with Gasteiger partial charge in [0.25, 0.3) is 0 Å². The number of carbonyl (C=O) groups excluding carboxylic acids is 2. The summed E-state index contributed by atoms with van der Waals surface area (Å²) in [6.45, 7) is 5.81. The van der Waals surface area contributed by atoms with Crippen LogP contribution in [0.5, 0.6) is 0 Å². The van der Waals surface area contributed by atoms with E-state index >= 15 is 0 Å². The molecule has 0 aliphatic carbocycles. The molecule has 1 aliphatic rings. The van der Waals surface area contributed by atoms with Crippen LogP contribution in [-0.4, -0.2) is 11.6 Å². The summed E-state index contributed by atoms with van der Waals surface area (Å²) < 4.78 is 0. The number of fused-ring (bicyclic) bond motifs is 2. The van der Waals surface area contributed by atoms with Gasteiger partial charge >= 0.3 is 0 Å². The lowest BCUT2D eigenvalue weighted by molar-refractivity contribution is -0.123. The highest BCUT2D eigenvalue weighted by Gasteiger charge is 2.23. The summed E-state index contributed by atoms with van der Waals surface area (Å²) in [5.41, 5.74) is 2.82. The molecule has 0 amide bonds. The van der Waals surface area contributed by atoms with Gasteiger partial charge in [-0.3, -0.25) is 9.59 Å². The second kappa shape index (κ2) is 6.32. The van der Waals surface area contributed by atoms with E-state index in [1.807, 2.05) is 57.2 Å². The Balaban J connectivity index is 1.98. The number of benzene rings is 2. The van der Waals surface area contributed by atoms with Crippen molar-refractivity contribution in [2.75, 3.05) is 0 Å². The van der Waals surface area contributed by atoms with Crippen LogP contribution in [0.3, 0.4) is 0 Å². The van der Waals surface area contributed by atoms with Gasteiger partial charge in [-0.05, 0) is 23.3 Å². The van der Waals surface area contributed by atoms with Crippen molar-refractivity contribution in [1.82, 2.24) is 0 Å². The first-order valence-electron chi connectivity index (χ1n) is 7.94. The fraction of sp³-hybridized carbons (Fsp3) is 0.300. The van der Waals surface area contributed by atoms with E-state index in [1.54, 1.807) is 11.8 Å². The lowest BCUT2D eigenvalue weighted by Crippen LogP contribution is -2.15. The van der Waals surface area contributed by atoms with Crippen molar-refractivity contribution in [3.8, 4) is 0 Å². The SMILES string of the molecule is CC(C)C(=O)C(C)c1ccc2c(c1)CC(=O)c1ccccc1S2. The smallest absolute Gasteiger partial charge is 0.168 e. The van der Waals surface area contributed by atoms with E-state index in [9.17, 15) is 9.59 Å². The highest BCUT2D eigenvalue weighted by atomic mass is 32.2. The van der Waals surface area contributed by atoms with E-state index in [1.165, 1.54) is 0 Å². The molecule has 0 aromatic heterocycles. The first-order chi connectivity index (χ1) is 11.0. The minimum absolute atomic E-state index is 0.0177. The summed E-state index contributed by atoms with van der Waals surface area (Å²) >= 11 is 1.64. The quantitative estimate of drug-likeness (QED) is 0.805. The van der Waals surface area contributed by atoms with E-state index in [0.29, 0.717) is 6.42 Å². The third-order valence-electron chi connectivity index (χ3n) is 4.34. The highest BCUT2D eigenvalue weighted by Crippen LogP contribution is 2.38. The number of hydrogen-bond donors (Lipinski definition) is 0. The van der Waals surface area contributed by atoms with Gasteiger partial charge in [-0.1, -0.05) is 62.9 Å². The molecule has 0 fully saturated rings. The van der Waals surface area contributed by atoms with Gasteiger partial charge in [0.1, 0.15) is 5.78 Å². The molecular formula is C20H20O2S. The van der Waals surface area contributed by atoms with Gasteiger partial charge in [-0.15, -0.1) is 0 Å². The van der Waals surface area contributed by atoms with Crippen molar-refractivity contribution in [3.05, 3.63) is 59.2 Å². The summed E-state index contributed by atoms with van der Waals surface area (Å²) in [4.78, 5) is 26.9. The maximum Gasteiger partial charge on any atom is 0.168 e. The molecule has 0 saturated carbocycles. The van der Waals surface area contributed by atoms with Gasteiger partial charge in [0.2, 0.25) is 0 Å². The Hall–Kier alpha value is -1.87. The number of carbonyl (C=O) groups is 2. The predicted octanol–water partition coefficient (Wildman–Crippen LogP) is 4.91. The van der Waals surface area contributed by atoms with E-state index < -0.39 is 0 Å². The van der Waals surface area contributed by atoms with Crippen molar-refractivity contribution >= 4 is 23.3 Å². The molecule has 1 unspecified atom stereocenters. The fourth-order valence-corrected chi connectivity index (χ4v) is 4.02. The lowest BCUT2D eigenvalue weighted by Gasteiger charge is -2.15. The highest BCUT2D eigenvalue weighted by molar-refractivity contribution is 7.99. The maximum atomic E-state index is 12.5. The number of rotatable bonds is 3. The van der Waals surface area contributed by atoms with Crippen molar-refractivity contribution in [3.63, 3.8) is 0 Å². The van der Waals surface area contributed by atoms with Gasteiger partial charge in [0.05, 0.1) is 0 Å². The predicted molar refractivity (Wildman–Crippen MR) is 93.3 cm³/mol. The van der Waals surface area contributed by atoms with Gasteiger partial charge in [0.15, 0.2) is 5.78 Å². The van der Waals surface area contributed by atoms with Crippen molar-refractivity contribution in [1.29, 1.82) is 0 Å². The molecule has 0 radical (unpaired) electrons. The molecule has 1 heterocycles. The average Bonchev–Trinajstić information content (AvgIpc) is 2.68. The molecule has 1 aliphatic heterocycles. The molecule has 0 N–H and O–H groups in total. The zero-order valence-corrected chi connectivity index (χ0v) is 14.4. The second-order valence-corrected chi connectivity index (χ2v) is 7.43. The van der Waals surface area contributed by atoms with Gasteiger partial charge < -0.3 is 0 Å². The molecule has 0 saturated heterocycles. The Kier molecular flexibility index (Phi) is 4.40. The summed E-state index contributed by atoms with van der Waals surface area (Å²) in [7, 11) is 0. The number of ketones is 2. The fourth-order valence-electron chi connectivity index (χ4n) is 2.94. The Morgan fingerprint density at radius 3 is 2.52 bits per heavy atom. The van der Waals surface area contributed by atoms with Crippen molar-refractivity contribution in [2.45, 2.75) is 42.9 Å². The first-order valence-corrected chi connectivity index (χ1v) is 8.75. The van der Waals surface area contributed by atoms with Crippen LogP contribution in [0.15, 0.2) is 52.3 Å². The molecule has 1 atom stereocenters. The molecule has 0 bridgehead atoms. The van der Waals surface area contributed by atoms with Crippen LogP contribution < -0.4 is 0 Å². The third kappa shape index (κ3) is 3.11. The molecular weight excluding hydrogens is 304 g/mol. The molecule has 3 rings (SSSR count). The van der Waals surface area contributed by atoms with E-state index in [4.69, 9.17) is 0 Å². The number of hydrogen-bond acceptors (Lipinski definition) is 3. The molecule has 2 aromatic carbocycles. The third-order valence-corrected chi connectivity index (χ3v) is 5.53. The standard InChI is InChI=1S/C20H20O2S/c1-12(2)20(22)13(3)14-8-9-18-15(10-14)11-17(21)16-6-4-5-7-19(16)23-18/h4-10,12-13H,11H2,1-3H3. The minimum atomic E-state index is -0.133. The normalized spacial score (nSPS) is 14.9. The van der Waals surface area contributed by atoms with E-state index in [2.05, 4.69) is 6.07 Å². The van der Waals surface area contributed by atoms with Gasteiger partial charge in [-0.2, -0.15) is 0 Å². The van der Waals surface area contributed by atoms with Crippen LogP contribution in [0.4, 0.5) is 0 Å². The summed E-state index contributed by atoms with van der Waals surface area (Å²) in [6.07, 6.45) is 0.399. The Labute approximate surface area is 141 Å². The monoisotopic (exact) mass is 324 g/mol. The topological polar surface area (TPSA) is 34.1 Å². The summed E-state index contributed by atoms with van der Waals surface area (Å²) in [5, 5.41) is 0. The average molecular weight is 324 g/mol. The molecule has 2 nitrogen and oxygen atoms in total. The van der Waals surface area contributed by atoms with Crippen LogP contribution in [-0.2, 0) is 11.2 Å². The first kappa shape index (κ1) is 16.0. The molecule has 2 aromatic rings. The van der Waals surface area contributed by atoms with Gasteiger partial charge in [-0.25, -0.2) is 0 Å². The van der Waals surface area contributed by atoms with Crippen molar-refractivity contribution in [2.24, 2.45) is 5.92 Å². The lowest BCUT2D eigenvalue weighted by atomic mass is 9.89. The minimum Gasteiger partial charge on any atom is -0.299 e. The Morgan fingerprint density at radius 1 is 1.04 bits per heavy atom. The van der Waals surface area contributed by atoms with Crippen LogP contribution in [0, 0.1) is 5.92 Å². The van der Waals surface area contributed by atoms with Crippen molar-refractivity contribution < 1.29 is 9.59 Å². The number of Topliss-reactive ketones (excluding diaryl/α,β-unsaturated/α-hetero) is 2. The molecule has 118 valence electrons. The Bertz CT molecular complexity index is 777. The molecule has 23 heavy (non-hydrogen) atoms. The van der Waals surface area contributed by atoms with E-state index in [0.717, 1.165) is 26.5 Å². The van der Waals surface area contributed by atoms with E-state index in [-0.39, 0.29) is 23.4 Å². The maximum absolute atomic E-state index is 12.5. The van der Waals surface area contributed by atoms with Crippen LogP contribution in [0.25, 0.3) is 0 Å². The summed E-state index contributed by atoms with van der Waals surface area (Å²) in [5.74, 6) is 0.266. The second-order valence-electron chi connectivity index (χ2n) is 6.34. The van der Waals surface area contributed by atoms with Crippen LogP contribution in [0.1, 0.15) is 48.2 Å². The Morgan fingerprint density at radius 2 is 1.78 bits per heavy atom. The van der Waals surface area contributed by atoms with Crippen LogP contribution >= 0.6 is 11.8 Å². The molecule has 3 heteroatoms.